The van der Waals surface area contributed by atoms with Crippen molar-refractivity contribution in [2.24, 2.45) is 0 Å². The summed E-state index contributed by atoms with van der Waals surface area (Å²) < 4.78 is 30.3. The Bertz CT molecular complexity index is 1010. The van der Waals surface area contributed by atoms with E-state index in [4.69, 9.17) is 0 Å². The van der Waals surface area contributed by atoms with Crippen LogP contribution >= 0.6 is 0 Å². The molecule has 7 heteroatoms. The Kier molecular flexibility index (Phi) is 11.8. The third kappa shape index (κ3) is 12.0. The van der Waals surface area contributed by atoms with Crippen LogP contribution in [0.15, 0.2) is 24.3 Å². The van der Waals surface area contributed by atoms with E-state index in [0.717, 1.165) is 83.2 Å². The molecule has 2 aromatic carbocycles. The van der Waals surface area contributed by atoms with Crippen LogP contribution in [-0.4, -0.2) is 38.0 Å². The lowest BCUT2D eigenvalue weighted by atomic mass is 9.85. The van der Waals surface area contributed by atoms with Gasteiger partial charge in [0, 0.05) is 43.4 Å². The second-order valence-corrected chi connectivity index (χ2v) is 39.3. The molecule has 0 aliphatic heterocycles. The lowest BCUT2D eigenvalue weighted by molar-refractivity contribution is 0.623. The molecular weight excluding hydrogens is 561 g/mol. The minimum absolute atomic E-state index is 0.190. The van der Waals surface area contributed by atoms with Crippen LogP contribution in [0.5, 0.6) is 0 Å². The fraction of sp³-hybridized carbons (Fsp3) is 0.606. The predicted molar refractivity (Wildman–Crippen MR) is 186 cm³/mol. The van der Waals surface area contributed by atoms with E-state index >= 15 is 8.78 Å². The van der Waals surface area contributed by atoms with Gasteiger partial charge in [0.05, 0.1) is 5.71 Å². The molecule has 0 aliphatic rings. The molecule has 0 bridgehead atoms. The van der Waals surface area contributed by atoms with Gasteiger partial charge < -0.3 is 0 Å². The normalized spacial score (nSPS) is 13.2. The number of halogens is 2. The van der Waals surface area contributed by atoms with Crippen LogP contribution in [0, 0.1) is 17.0 Å². The van der Waals surface area contributed by atoms with Crippen LogP contribution < -0.4 is 0 Å². The maximum Gasteiger partial charge on any atom is 0.123 e. The van der Waals surface area contributed by atoms with Crippen LogP contribution in [0.2, 0.25) is 103 Å². The first kappa shape index (κ1) is 35.0. The molecule has 0 unspecified atom stereocenters. The highest BCUT2D eigenvalue weighted by Crippen LogP contribution is 2.32. The summed E-state index contributed by atoms with van der Waals surface area (Å²) in [5, 5.41) is 9.81. The lowest BCUT2D eigenvalue weighted by Crippen LogP contribution is -2.24. The molecular formula is C33H57F2NSi4. The van der Waals surface area contributed by atoms with Gasteiger partial charge in [-0.15, -0.1) is 0 Å². The van der Waals surface area contributed by atoms with E-state index in [9.17, 15) is 5.41 Å². The van der Waals surface area contributed by atoms with Crippen molar-refractivity contribution >= 4 is 38.0 Å². The summed E-state index contributed by atoms with van der Waals surface area (Å²) in [4.78, 5) is 0. The molecule has 0 aliphatic carbocycles. The van der Waals surface area contributed by atoms with Gasteiger partial charge in [-0.2, -0.15) is 0 Å². The maximum atomic E-state index is 15.1. The summed E-state index contributed by atoms with van der Waals surface area (Å²) in [6, 6.07) is 11.0. The Labute approximate surface area is 249 Å². The maximum absolute atomic E-state index is 15.1. The number of nitrogens with one attached hydrogen (secondary N) is 1. The van der Waals surface area contributed by atoms with E-state index in [1.54, 1.807) is 24.3 Å². The zero-order chi connectivity index (χ0) is 30.7. The Balaban J connectivity index is 2.81. The monoisotopic (exact) mass is 617 g/mol. The van der Waals surface area contributed by atoms with Gasteiger partial charge in [0.25, 0.3) is 0 Å². The molecule has 224 valence electrons. The Hall–Kier alpha value is -1.16. The molecule has 0 saturated carbocycles. The lowest BCUT2D eigenvalue weighted by Gasteiger charge is -2.25. The molecule has 0 aromatic heterocycles. The predicted octanol–water partition coefficient (Wildman–Crippen LogP) is 10.9. The first-order chi connectivity index (χ1) is 18.0. The van der Waals surface area contributed by atoms with E-state index in [2.05, 4.69) is 78.6 Å². The molecule has 2 rings (SSSR count). The zero-order valence-electron chi connectivity index (χ0n) is 27.7. The average molecular weight is 618 g/mol. The van der Waals surface area contributed by atoms with Crippen molar-refractivity contribution in [1.82, 2.24) is 0 Å². The van der Waals surface area contributed by atoms with Crippen molar-refractivity contribution < 1.29 is 8.78 Å². The molecule has 0 fully saturated rings. The highest BCUT2D eigenvalue weighted by Gasteiger charge is 2.26. The van der Waals surface area contributed by atoms with Gasteiger partial charge in [0.15, 0.2) is 0 Å². The molecule has 0 spiro atoms. The van der Waals surface area contributed by atoms with E-state index in [0.29, 0.717) is 5.71 Å². The van der Waals surface area contributed by atoms with Gasteiger partial charge >= 0.3 is 0 Å². The minimum Gasteiger partial charge on any atom is -0.300 e. The standard InChI is InChI=1S/C33H57F2NSi4/c1-37(2,3)17-13-25-21-29(34)22-26(14-18-38(4,5)6)31(25)33(36)32-27(15-19-39(7,8)9)23-30(35)24-28(32)16-20-40(10,11)12/h21-24,36H,13-20H2,1-12H3. The molecule has 0 amide bonds. The number of hydrogen-bond acceptors (Lipinski definition) is 1. The van der Waals surface area contributed by atoms with Gasteiger partial charge in [-0.3, -0.25) is 5.41 Å². The molecule has 1 N–H and O–H groups in total. The first-order valence-corrected chi connectivity index (χ1v) is 30.1. The third-order valence-corrected chi connectivity index (χ3v) is 14.6. The Morgan fingerprint density at radius 2 is 0.675 bits per heavy atom. The van der Waals surface area contributed by atoms with Crippen molar-refractivity contribution in [2.45, 2.75) is 128 Å². The Morgan fingerprint density at radius 1 is 0.475 bits per heavy atom. The molecule has 0 saturated heterocycles. The van der Waals surface area contributed by atoms with Crippen LogP contribution in [-0.2, 0) is 25.7 Å². The van der Waals surface area contributed by atoms with Crippen molar-refractivity contribution in [3.8, 4) is 0 Å². The van der Waals surface area contributed by atoms with Crippen LogP contribution in [0.3, 0.4) is 0 Å². The molecule has 1 nitrogen and oxygen atoms in total. The quantitative estimate of drug-likeness (QED) is 0.161. The summed E-state index contributed by atoms with van der Waals surface area (Å²) in [5.74, 6) is -0.380. The summed E-state index contributed by atoms with van der Waals surface area (Å²) in [7, 11) is -5.53. The van der Waals surface area contributed by atoms with Gasteiger partial charge in [-0.1, -0.05) is 103 Å². The number of aryl methyl sites for hydroxylation is 4. The first-order valence-electron chi connectivity index (χ1n) is 15.3. The largest absolute Gasteiger partial charge is 0.300 e. The summed E-state index contributed by atoms with van der Waals surface area (Å²) in [5.41, 5.74) is 6.21. The van der Waals surface area contributed by atoms with E-state index < -0.39 is 32.3 Å². The second-order valence-electron chi connectivity index (χ2n) is 16.8. The number of benzene rings is 2. The van der Waals surface area contributed by atoms with Gasteiger partial charge in [0.2, 0.25) is 0 Å². The van der Waals surface area contributed by atoms with Gasteiger partial charge in [-0.25, -0.2) is 8.78 Å². The molecule has 2 aromatic rings. The van der Waals surface area contributed by atoms with Crippen molar-refractivity contribution in [2.75, 3.05) is 0 Å². The number of rotatable bonds is 14. The van der Waals surface area contributed by atoms with Crippen molar-refractivity contribution in [3.05, 3.63) is 69.3 Å². The summed E-state index contributed by atoms with van der Waals surface area (Å²) in [6.45, 7) is 28.2. The van der Waals surface area contributed by atoms with Crippen LogP contribution in [0.25, 0.3) is 0 Å². The summed E-state index contributed by atoms with van der Waals surface area (Å²) >= 11 is 0. The third-order valence-electron chi connectivity index (χ3n) is 7.61. The van der Waals surface area contributed by atoms with Crippen molar-refractivity contribution in [1.29, 1.82) is 5.41 Å². The molecule has 0 atom stereocenters. The number of hydrogen-bond donors (Lipinski definition) is 1. The van der Waals surface area contributed by atoms with Gasteiger partial charge in [0.1, 0.15) is 11.6 Å². The van der Waals surface area contributed by atoms with Crippen LogP contribution in [0.4, 0.5) is 8.78 Å². The van der Waals surface area contributed by atoms with E-state index in [1.807, 2.05) is 0 Å². The van der Waals surface area contributed by atoms with Crippen molar-refractivity contribution in [3.63, 3.8) is 0 Å². The molecule has 0 heterocycles. The second kappa shape index (κ2) is 13.4. The highest BCUT2D eigenvalue weighted by molar-refractivity contribution is 6.77. The zero-order valence-corrected chi connectivity index (χ0v) is 31.7. The van der Waals surface area contributed by atoms with E-state index in [-0.39, 0.29) is 11.6 Å². The highest BCUT2D eigenvalue weighted by atomic mass is 28.3. The fourth-order valence-corrected chi connectivity index (χ4v) is 9.12. The average Bonchev–Trinajstić information content (AvgIpc) is 2.76. The fourth-order valence-electron chi connectivity index (χ4n) is 5.04. The summed E-state index contributed by atoms with van der Waals surface area (Å²) in [6.07, 6.45) is 3.17. The Morgan fingerprint density at radius 3 is 0.850 bits per heavy atom. The topological polar surface area (TPSA) is 23.9 Å². The van der Waals surface area contributed by atoms with E-state index in [1.165, 1.54) is 0 Å². The molecule has 0 radical (unpaired) electrons. The minimum atomic E-state index is -1.38. The molecule has 40 heavy (non-hydrogen) atoms. The SMILES string of the molecule is C[Si](C)(C)CCc1cc(F)cc(CC[Si](C)(C)C)c1C(=N)c1c(CC[Si](C)(C)C)cc(F)cc1CC[Si](C)(C)C. The van der Waals surface area contributed by atoms with Gasteiger partial charge in [-0.05, 0) is 72.2 Å². The smallest absolute Gasteiger partial charge is 0.123 e. The van der Waals surface area contributed by atoms with Crippen LogP contribution in [0.1, 0.15) is 33.4 Å².